The molecule has 1 unspecified atom stereocenters. The lowest BCUT2D eigenvalue weighted by Crippen LogP contribution is -2.40. The summed E-state index contributed by atoms with van der Waals surface area (Å²) < 4.78 is 37.9. The second-order valence-electron chi connectivity index (χ2n) is 5.15. The van der Waals surface area contributed by atoms with Gasteiger partial charge >= 0.3 is 0 Å². The van der Waals surface area contributed by atoms with E-state index in [0.717, 1.165) is 12.8 Å². The Bertz CT molecular complexity index is 545. The standard InChI is InChI=1S/C13H21NO5S/c1-9(11-3-5-18-6-4-11)14-20(16,17)13-7-12(8-15)19-10(13)2/h7,9,11,14-15H,3-6,8H2,1-2H3. The highest BCUT2D eigenvalue weighted by atomic mass is 32.2. The molecule has 1 saturated heterocycles. The molecule has 1 fully saturated rings. The quantitative estimate of drug-likeness (QED) is 0.852. The smallest absolute Gasteiger partial charge is 0.244 e. The first-order valence-corrected chi connectivity index (χ1v) is 8.22. The zero-order valence-electron chi connectivity index (χ0n) is 11.8. The van der Waals surface area contributed by atoms with Gasteiger partial charge in [-0.3, -0.25) is 0 Å². The van der Waals surface area contributed by atoms with Crippen molar-refractivity contribution in [1.29, 1.82) is 0 Å². The number of rotatable bonds is 5. The SMILES string of the molecule is Cc1oc(CO)cc1S(=O)(=O)NC(C)C1CCOCC1. The zero-order chi connectivity index (χ0) is 14.8. The molecule has 0 aliphatic carbocycles. The maximum absolute atomic E-state index is 12.4. The van der Waals surface area contributed by atoms with E-state index >= 15 is 0 Å². The van der Waals surface area contributed by atoms with Gasteiger partial charge in [0.25, 0.3) is 0 Å². The summed E-state index contributed by atoms with van der Waals surface area (Å²) in [5, 5.41) is 9.00. The Kier molecular flexibility index (Phi) is 4.85. The van der Waals surface area contributed by atoms with Crippen LogP contribution in [-0.4, -0.2) is 32.8 Å². The van der Waals surface area contributed by atoms with E-state index in [0.29, 0.717) is 19.0 Å². The monoisotopic (exact) mass is 303 g/mol. The molecule has 0 saturated carbocycles. The molecule has 6 nitrogen and oxygen atoms in total. The van der Waals surface area contributed by atoms with Crippen LogP contribution in [0.15, 0.2) is 15.4 Å². The Morgan fingerprint density at radius 3 is 2.65 bits per heavy atom. The molecule has 20 heavy (non-hydrogen) atoms. The second kappa shape index (κ2) is 6.26. The van der Waals surface area contributed by atoms with Crippen LogP contribution in [0.4, 0.5) is 0 Å². The minimum atomic E-state index is -3.62. The Balaban J connectivity index is 2.11. The molecule has 0 aromatic carbocycles. The van der Waals surface area contributed by atoms with Gasteiger partial charge in [0.15, 0.2) is 0 Å². The third-order valence-corrected chi connectivity index (χ3v) is 5.35. The summed E-state index contributed by atoms with van der Waals surface area (Å²) in [5.74, 6) is 0.824. The summed E-state index contributed by atoms with van der Waals surface area (Å²) in [6.07, 6.45) is 1.71. The Labute approximate surface area is 119 Å². The van der Waals surface area contributed by atoms with Crippen LogP contribution in [0.3, 0.4) is 0 Å². The topological polar surface area (TPSA) is 88.8 Å². The molecule has 1 aromatic rings. The lowest BCUT2D eigenvalue weighted by Gasteiger charge is -2.28. The summed E-state index contributed by atoms with van der Waals surface area (Å²) in [6, 6.07) is 1.21. The average Bonchev–Trinajstić information content (AvgIpc) is 2.81. The van der Waals surface area contributed by atoms with Crippen molar-refractivity contribution in [3.05, 3.63) is 17.6 Å². The van der Waals surface area contributed by atoms with Crippen LogP contribution < -0.4 is 4.72 Å². The number of nitrogens with one attached hydrogen (secondary N) is 1. The first kappa shape index (κ1) is 15.5. The van der Waals surface area contributed by atoms with Crippen LogP contribution in [0.25, 0.3) is 0 Å². The Hall–Kier alpha value is -0.890. The molecule has 1 aliphatic heterocycles. The van der Waals surface area contributed by atoms with Crippen LogP contribution in [0.5, 0.6) is 0 Å². The normalized spacial score (nSPS) is 19.1. The van der Waals surface area contributed by atoms with Gasteiger partial charge in [-0.25, -0.2) is 13.1 Å². The first-order valence-electron chi connectivity index (χ1n) is 6.74. The van der Waals surface area contributed by atoms with E-state index in [4.69, 9.17) is 14.3 Å². The first-order chi connectivity index (χ1) is 9.44. The number of aliphatic hydroxyl groups is 1. The number of aliphatic hydroxyl groups excluding tert-OH is 1. The molecule has 7 heteroatoms. The van der Waals surface area contributed by atoms with Gasteiger partial charge in [-0.05, 0) is 32.6 Å². The van der Waals surface area contributed by atoms with E-state index in [-0.39, 0.29) is 29.2 Å². The molecule has 0 bridgehead atoms. The zero-order valence-corrected chi connectivity index (χ0v) is 12.6. The van der Waals surface area contributed by atoms with E-state index < -0.39 is 10.0 Å². The number of ether oxygens (including phenoxy) is 1. The van der Waals surface area contributed by atoms with Crippen molar-refractivity contribution < 1.29 is 22.7 Å². The van der Waals surface area contributed by atoms with Crippen molar-refractivity contribution in [2.24, 2.45) is 5.92 Å². The third-order valence-electron chi connectivity index (χ3n) is 3.68. The molecule has 114 valence electrons. The number of aryl methyl sites for hydroxylation is 1. The number of hydrogen-bond donors (Lipinski definition) is 2. The van der Waals surface area contributed by atoms with Crippen molar-refractivity contribution in [2.45, 2.75) is 44.2 Å². The fraction of sp³-hybridized carbons (Fsp3) is 0.692. The van der Waals surface area contributed by atoms with Gasteiger partial charge in [0.1, 0.15) is 23.0 Å². The van der Waals surface area contributed by atoms with Gasteiger partial charge in [0.05, 0.1) is 0 Å². The highest BCUT2D eigenvalue weighted by Crippen LogP contribution is 2.23. The van der Waals surface area contributed by atoms with Crippen LogP contribution >= 0.6 is 0 Å². The predicted octanol–water partition coefficient (Wildman–Crippen LogP) is 1.17. The summed E-state index contributed by atoms with van der Waals surface area (Å²) in [7, 11) is -3.62. The van der Waals surface area contributed by atoms with Gasteiger partial charge in [0.2, 0.25) is 10.0 Å². The molecule has 0 spiro atoms. The van der Waals surface area contributed by atoms with Crippen molar-refractivity contribution in [3.63, 3.8) is 0 Å². The molecule has 2 N–H and O–H groups in total. The van der Waals surface area contributed by atoms with Crippen molar-refractivity contribution in [3.8, 4) is 0 Å². The van der Waals surface area contributed by atoms with Gasteiger partial charge < -0.3 is 14.3 Å². The highest BCUT2D eigenvalue weighted by molar-refractivity contribution is 7.89. The molecular formula is C13H21NO5S. The van der Waals surface area contributed by atoms with E-state index in [1.807, 2.05) is 6.92 Å². The molecule has 1 aliphatic rings. The molecular weight excluding hydrogens is 282 g/mol. The maximum atomic E-state index is 12.4. The van der Waals surface area contributed by atoms with Gasteiger partial charge in [-0.2, -0.15) is 0 Å². The van der Waals surface area contributed by atoms with E-state index in [1.54, 1.807) is 6.92 Å². The second-order valence-corrected chi connectivity index (χ2v) is 6.83. The van der Waals surface area contributed by atoms with Crippen LogP contribution in [0.2, 0.25) is 0 Å². The van der Waals surface area contributed by atoms with Gasteiger partial charge in [-0.1, -0.05) is 0 Å². The van der Waals surface area contributed by atoms with Crippen molar-refractivity contribution in [2.75, 3.05) is 13.2 Å². The fourth-order valence-electron chi connectivity index (χ4n) is 2.49. The molecule has 2 rings (SSSR count). The van der Waals surface area contributed by atoms with Crippen molar-refractivity contribution in [1.82, 2.24) is 4.72 Å². The summed E-state index contributed by atoms with van der Waals surface area (Å²) in [5.41, 5.74) is 0. The number of furan rings is 1. The predicted molar refractivity (Wildman–Crippen MR) is 72.7 cm³/mol. The molecule has 1 aromatic heterocycles. The van der Waals surface area contributed by atoms with Crippen LogP contribution in [0, 0.1) is 12.8 Å². The molecule has 2 heterocycles. The summed E-state index contributed by atoms with van der Waals surface area (Å²) in [6.45, 7) is 4.49. The summed E-state index contributed by atoms with van der Waals surface area (Å²) >= 11 is 0. The van der Waals surface area contributed by atoms with E-state index in [2.05, 4.69) is 4.72 Å². The minimum absolute atomic E-state index is 0.0976. The Morgan fingerprint density at radius 2 is 2.10 bits per heavy atom. The van der Waals surface area contributed by atoms with Gasteiger partial charge in [-0.15, -0.1) is 0 Å². The maximum Gasteiger partial charge on any atom is 0.244 e. The molecule has 1 atom stereocenters. The van der Waals surface area contributed by atoms with Crippen molar-refractivity contribution >= 4 is 10.0 Å². The number of sulfonamides is 1. The minimum Gasteiger partial charge on any atom is -0.462 e. The number of hydrogen-bond acceptors (Lipinski definition) is 5. The van der Waals surface area contributed by atoms with Gasteiger partial charge in [0, 0.05) is 25.3 Å². The largest absolute Gasteiger partial charge is 0.462 e. The third kappa shape index (κ3) is 3.41. The Morgan fingerprint density at radius 1 is 1.45 bits per heavy atom. The lowest BCUT2D eigenvalue weighted by molar-refractivity contribution is 0.0585. The molecule has 0 amide bonds. The van der Waals surface area contributed by atoms with E-state index in [1.165, 1.54) is 6.07 Å². The fourth-order valence-corrected chi connectivity index (χ4v) is 4.00. The average molecular weight is 303 g/mol. The van der Waals surface area contributed by atoms with E-state index in [9.17, 15) is 8.42 Å². The molecule has 0 radical (unpaired) electrons. The lowest BCUT2D eigenvalue weighted by atomic mass is 9.94. The van der Waals surface area contributed by atoms with Crippen LogP contribution in [0.1, 0.15) is 31.3 Å². The summed E-state index contributed by atoms with van der Waals surface area (Å²) in [4.78, 5) is 0.0976. The van der Waals surface area contributed by atoms with Crippen LogP contribution in [-0.2, 0) is 21.4 Å². The highest BCUT2D eigenvalue weighted by Gasteiger charge is 2.27.